The maximum absolute atomic E-state index is 14.0. The first-order chi connectivity index (χ1) is 20.5. The Morgan fingerprint density at radius 2 is 1.81 bits per heavy atom. The molecule has 2 aromatic carbocycles. The molecule has 1 aliphatic rings. The van der Waals surface area contributed by atoms with Crippen LogP contribution in [-0.2, 0) is 30.4 Å². The lowest BCUT2D eigenvalue weighted by molar-refractivity contribution is -0.149. The minimum Gasteiger partial charge on any atom is -0.464 e. The molecule has 1 fully saturated rings. The molecule has 0 aliphatic carbocycles. The van der Waals surface area contributed by atoms with Crippen LogP contribution in [0.25, 0.3) is 0 Å². The summed E-state index contributed by atoms with van der Waals surface area (Å²) in [5.74, 6) is 1.31. The van der Waals surface area contributed by atoms with Gasteiger partial charge in [0.15, 0.2) is 0 Å². The van der Waals surface area contributed by atoms with Crippen LogP contribution >= 0.6 is 0 Å². The largest absolute Gasteiger partial charge is 0.464 e. The van der Waals surface area contributed by atoms with Gasteiger partial charge < -0.3 is 34.9 Å². The molecule has 0 aromatic heterocycles. The van der Waals surface area contributed by atoms with Gasteiger partial charge in [0.1, 0.15) is 24.4 Å². The van der Waals surface area contributed by atoms with E-state index in [0.29, 0.717) is 5.56 Å². The van der Waals surface area contributed by atoms with Crippen molar-refractivity contribution < 1.29 is 38.5 Å². The van der Waals surface area contributed by atoms with Crippen molar-refractivity contribution in [2.75, 3.05) is 26.4 Å². The predicted octanol–water partition coefficient (Wildman–Crippen LogP) is 2.40. The van der Waals surface area contributed by atoms with E-state index < -0.39 is 47.5 Å². The summed E-state index contributed by atoms with van der Waals surface area (Å²) in [7, 11) is 0. The molecule has 3 rings (SSSR count). The van der Waals surface area contributed by atoms with Crippen LogP contribution in [0.1, 0.15) is 44.7 Å². The number of amides is 3. The van der Waals surface area contributed by atoms with E-state index in [2.05, 4.69) is 16.6 Å². The number of terminal acetylenes is 1. The van der Waals surface area contributed by atoms with E-state index in [-0.39, 0.29) is 51.5 Å². The van der Waals surface area contributed by atoms with Crippen LogP contribution in [0.4, 0.5) is 4.79 Å². The van der Waals surface area contributed by atoms with Gasteiger partial charge in [-0.2, -0.15) is 0 Å². The van der Waals surface area contributed by atoms with E-state index in [1.807, 2.05) is 0 Å². The van der Waals surface area contributed by atoms with Crippen LogP contribution in [0.15, 0.2) is 54.6 Å². The summed E-state index contributed by atoms with van der Waals surface area (Å²) in [6.07, 6.45) is 3.91. The lowest BCUT2D eigenvalue weighted by Gasteiger charge is -2.37. The number of hydrogen-bond donors (Lipinski definition) is 3. The number of carbonyl (C=O) groups is 4. The zero-order chi connectivity index (χ0) is 31.4. The Balaban J connectivity index is 1.75. The van der Waals surface area contributed by atoms with Gasteiger partial charge in [-0.05, 0) is 48.6 Å². The van der Waals surface area contributed by atoms with Gasteiger partial charge in [0, 0.05) is 31.7 Å². The van der Waals surface area contributed by atoms with E-state index >= 15 is 0 Å². The Kier molecular flexibility index (Phi) is 12.1. The van der Waals surface area contributed by atoms with E-state index in [1.54, 1.807) is 75.4 Å². The molecule has 11 nitrogen and oxygen atoms in total. The van der Waals surface area contributed by atoms with Crippen molar-refractivity contribution >= 4 is 23.9 Å². The molecule has 0 saturated carbocycles. The Morgan fingerprint density at radius 1 is 1.12 bits per heavy atom. The lowest BCUT2D eigenvalue weighted by atomic mass is 9.80. The molecule has 11 heteroatoms. The molecule has 0 spiro atoms. The Hall–Kier alpha value is -4.40. The molecule has 0 unspecified atom stereocenters. The fourth-order valence-corrected chi connectivity index (χ4v) is 4.67. The van der Waals surface area contributed by atoms with Gasteiger partial charge >= 0.3 is 12.1 Å². The molecule has 0 bridgehead atoms. The first kappa shape index (κ1) is 33.1. The highest BCUT2D eigenvalue weighted by atomic mass is 16.6. The van der Waals surface area contributed by atoms with E-state index in [9.17, 15) is 24.3 Å². The van der Waals surface area contributed by atoms with Crippen molar-refractivity contribution in [3.8, 4) is 18.1 Å². The van der Waals surface area contributed by atoms with Crippen LogP contribution in [-0.4, -0.2) is 78.4 Å². The second kappa shape index (κ2) is 15.7. The number of aliphatic hydroxyl groups excluding tert-OH is 1. The van der Waals surface area contributed by atoms with Crippen LogP contribution in [0.5, 0.6) is 5.75 Å². The van der Waals surface area contributed by atoms with Gasteiger partial charge in [0.25, 0.3) is 0 Å². The van der Waals surface area contributed by atoms with E-state index in [0.717, 1.165) is 5.56 Å². The average molecular weight is 594 g/mol. The number of benzene rings is 2. The Bertz CT molecular complexity index is 1290. The number of nitrogens with zero attached hydrogens (tertiary/aromatic N) is 1. The summed E-state index contributed by atoms with van der Waals surface area (Å²) in [6.45, 7) is 5.39. The number of esters is 1. The van der Waals surface area contributed by atoms with Crippen LogP contribution in [0, 0.1) is 17.8 Å². The summed E-state index contributed by atoms with van der Waals surface area (Å²) in [5, 5.41) is 16.0. The molecule has 1 saturated heterocycles. The second-order valence-electron chi connectivity index (χ2n) is 10.8. The predicted molar refractivity (Wildman–Crippen MR) is 158 cm³/mol. The van der Waals surface area contributed by atoms with Crippen LogP contribution < -0.4 is 15.4 Å². The van der Waals surface area contributed by atoms with Gasteiger partial charge in [-0.3, -0.25) is 9.59 Å². The summed E-state index contributed by atoms with van der Waals surface area (Å²) in [4.78, 5) is 53.2. The van der Waals surface area contributed by atoms with Gasteiger partial charge in [-0.25, -0.2) is 9.59 Å². The Morgan fingerprint density at radius 3 is 2.47 bits per heavy atom. The van der Waals surface area contributed by atoms with Gasteiger partial charge in [0.2, 0.25) is 11.8 Å². The lowest BCUT2D eigenvalue weighted by Crippen LogP contribution is -2.59. The molecular formula is C32H39N3O8. The van der Waals surface area contributed by atoms with Crippen molar-refractivity contribution in [3.63, 3.8) is 0 Å². The van der Waals surface area contributed by atoms with Crippen molar-refractivity contribution in [3.05, 3.63) is 65.7 Å². The first-order valence-electron chi connectivity index (χ1n) is 14.1. The van der Waals surface area contributed by atoms with Crippen molar-refractivity contribution in [1.29, 1.82) is 0 Å². The highest BCUT2D eigenvalue weighted by Crippen LogP contribution is 2.30. The van der Waals surface area contributed by atoms with E-state index in [1.165, 1.54) is 4.90 Å². The molecule has 230 valence electrons. The molecule has 1 aliphatic heterocycles. The maximum Gasteiger partial charge on any atom is 0.413 e. The molecule has 1 heterocycles. The van der Waals surface area contributed by atoms with Gasteiger partial charge in [-0.15, -0.1) is 6.42 Å². The SMILES string of the molecule is C#Cc1ccc(CNC(=O)[C@@H]2C[C@@H](O)CN2C(=O)[C@@H](NC(=O)Oc2ccccc2)C(C)(C)CCOCC(=O)OCC)cc1. The van der Waals surface area contributed by atoms with Crippen LogP contribution in [0.3, 0.4) is 0 Å². The van der Waals surface area contributed by atoms with Crippen molar-refractivity contribution in [2.45, 2.75) is 58.3 Å². The number of likely N-dealkylation sites (tertiary alicyclic amines) is 1. The van der Waals surface area contributed by atoms with Crippen molar-refractivity contribution in [2.24, 2.45) is 5.41 Å². The highest BCUT2D eigenvalue weighted by molar-refractivity contribution is 5.92. The van der Waals surface area contributed by atoms with E-state index in [4.69, 9.17) is 20.6 Å². The molecule has 2 aromatic rings. The number of carbonyl (C=O) groups excluding carboxylic acids is 4. The summed E-state index contributed by atoms with van der Waals surface area (Å²) in [5.41, 5.74) is 0.606. The fraction of sp³-hybridized carbons (Fsp3) is 0.438. The number of β-amino-alcohol motifs (C(OH)–C–C–N with tert-alkyl or cyclic N) is 1. The summed E-state index contributed by atoms with van der Waals surface area (Å²) < 4.78 is 15.7. The molecular weight excluding hydrogens is 554 g/mol. The standard InChI is InChI=1S/C32H39N3O8/c1-5-22-12-14-23(15-13-22)19-33-29(38)26-18-24(36)20-35(26)30(39)28(34-31(40)43-25-10-8-7-9-11-25)32(3,4)16-17-41-21-27(37)42-6-2/h1,7-15,24,26,28,36H,6,16-21H2,2-4H3,(H,33,38)(H,34,40)/t24-,26+,28-/m1/s1. The third-order valence-electron chi connectivity index (χ3n) is 7.11. The smallest absolute Gasteiger partial charge is 0.413 e. The Labute approximate surface area is 251 Å². The molecule has 3 N–H and O–H groups in total. The monoisotopic (exact) mass is 593 g/mol. The highest BCUT2D eigenvalue weighted by Gasteiger charge is 2.46. The topological polar surface area (TPSA) is 144 Å². The summed E-state index contributed by atoms with van der Waals surface area (Å²) >= 11 is 0. The number of aliphatic hydroxyl groups is 1. The number of ether oxygens (including phenoxy) is 3. The average Bonchev–Trinajstić information content (AvgIpc) is 3.39. The fourth-order valence-electron chi connectivity index (χ4n) is 4.67. The van der Waals surface area contributed by atoms with Crippen molar-refractivity contribution in [1.82, 2.24) is 15.5 Å². The third-order valence-corrected chi connectivity index (χ3v) is 7.11. The van der Waals surface area contributed by atoms with Gasteiger partial charge in [0.05, 0.1) is 12.7 Å². The summed E-state index contributed by atoms with van der Waals surface area (Å²) in [6, 6.07) is 13.4. The molecule has 0 radical (unpaired) electrons. The second-order valence-corrected chi connectivity index (χ2v) is 10.8. The maximum atomic E-state index is 14.0. The number of hydrogen-bond acceptors (Lipinski definition) is 8. The zero-order valence-corrected chi connectivity index (χ0v) is 24.7. The normalized spacial score (nSPS) is 17.0. The molecule has 43 heavy (non-hydrogen) atoms. The third kappa shape index (κ3) is 9.84. The molecule has 3 atom stereocenters. The van der Waals surface area contributed by atoms with Gasteiger partial charge in [-0.1, -0.05) is 50.1 Å². The number of para-hydroxylation sites is 1. The number of rotatable bonds is 13. The quantitative estimate of drug-likeness (QED) is 0.183. The minimum atomic E-state index is -1.16. The zero-order valence-electron chi connectivity index (χ0n) is 24.7. The van der Waals surface area contributed by atoms with Crippen LogP contribution in [0.2, 0.25) is 0 Å². The first-order valence-corrected chi connectivity index (χ1v) is 14.1. The molecule has 3 amide bonds. The number of nitrogens with one attached hydrogen (secondary N) is 2. The minimum absolute atomic E-state index is 0.0395.